The fourth-order valence-corrected chi connectivity index (χ4v) is 2.44. The molecule has 1 aromatic rings. The molecule has 2 N–H and O–H groups in total. The Morgan fingerprint density at radius 1 is 1.11 bits per heavy atom. The number of hydrogen-bond donors (Lipinski definition) is 1. The standard InChI is InChI=1S/C13H22ClN5/c14-12-10-16-13(17-11-12)19-7-3-6-18(8-9-19)5-2-1-4-15/h10-11H,1-9,15H2. The van der Waals surface area contributed by atoms with Crippen molar-refractivity contribution in [2.75, 3.05) is 44.2 Å². The molecule has 1 aromatic heterocycles. The van der Waals surface area contributed by atoms with Crippen molar-refractivity contribution in [2.24, 2.45) is 5.73 Å². The third-order valence-corrected chi connectivity index (χ3v) is 3.60. The average molecular weight is 284 g/mol. The molecule has 106 valence electrons. The van der Waals surface area contributed by atoms with Crippen LogP contribution in [0.2, 0.25) is 5.02 Å². The van der Waals surface area contributed by atoms with Crippen molar-refractivity contribution in [3.63, 3.8) is 0 Å². The molecule has 1 saturated heterocycles. The second kappa shape index (κ2) is 7.62. The number of nitrogens with zero attached hydrogens (tertiary/aromatic N) is 4. The van der Waals surface area contributed by atoms with Gasteiger partial charge in [-0.15, -0.1) is 0 Å². The lowest BCUT2D eigenvalue weighted by atomic mass is 10.3. The van der Waals surface area contributed by atoms with Crippen molar-refractivity contribution in [3.05, 3.63) is 17.4 Å². The van der Waals surface area contributed by atoms with E-state index in [1.54, 1.807) is 12.4 Å². The Kier molecular flexibility index (Phi) is 5.82. The monoisotopic (exact) mass is 283 g/mol. The van der Waals surface area contributed by atoms with Crippen molar-refractivity contribution in [1.29, 1.82) is 0 Å². The van der Waals surface area contributed by atoms with E-state index in [2.05, 4.69) is 19.8 Å². The van der Waals surface area contributed by atoms with E-state index in [1.165, 1.54) is 6.42 Å². The van der Waals surface area contributed by atoms with Crippen LogP contribution < -0.4 is 10.6 Å². The van der Waals surface area contributed by atoms with Gasteiger partial charge in [0.05, 0.1) is 17.4 Å². The van der Waals surface area contributed by atoms with Gasteiger partial charge in [-0.1, -0.05) is 11.6 Å². The molecular weight excluding hydrogens is 262 g/mol. The molecule has 0 saturated carbocycles. The van der Waals surface area contributed by atoms with Crippen LogP contribution >= 0.6 is 11.6 Å². The Balaban J connectivity index is 1.84. The molecule has 2 heterocycles. The van der Waals surface area contributed by atoms with E-state index in [9.17, 15) is 0 Å². The second-order valence-electron chi connectivity index (χ2n) is 4.88. The second-order valence-corrected chi connectivity index (χ2v) is 5.32. The molecule has 0 radical (unpaired) electrons. The molecule has 0 aliphatic carbocycles. The largest absolute Gasteiger partial charge is 0.339 e. The molecule has 2 rings (SSSR count). The zero-order valence-corrected chi connectivity index (χ0v) is 12.0. The first kappa shape index (κ1) is 14.5. The Morgan fingerprint density at radius 3 is 2.63 bits per heavy atom. The average Bonchev–Trinajstić information content (AvgIpc) is 2.66. The van der Waals surface area contributed by atoms with Crippen LogP contribution in [0.15, 0.2) is 12.4 Å². The Labute approximate surface area is 119 Å². The first-order chi connectivity index (χ1) is 9.29. The predicted molar refractivity (Wildman–Crippen MR) is 78.6 cm³/mol. The summed E-state index contributed by atoms with van der Waals surface area (Å²) in [5.74, 6) is 0.785. The quantitative estimate of drug-likeness (QED) is 0.828. The molecule has 1 aliphatic rings. The summed E-state index contributed by atoms with van der Waals surface area (Å²) < 4.78 is 0. The molecule has 0 aromatic carbocycles. The maximum atomic E-state index is 5.81. The first-order valence-corrected chi connectivity index (χ1v) is 7.32. The molecule has 1 aliphatic heterocycles. The minimum atomic E-state index is 0.585. The number of rotatable bonds is 5. The highest BCUT2D eigenvalue weighted by molar-refractivity contribution is 6.30. The summed E-state index contributed by atoms with van der Waals surface area (Å²) in [7, 11) is 0. The van der Waals surface area contributed by atoms with Gasteiger partial charge in [0.25, 0.3) is 0 Å². The van der Waals surface area contributed by atoms with Crippen molar-refractivity contribution in [3.8, 4) is 0 Å². The molecule has 0 atom stereocenters. The fraction of sp³-hybridized carbons (Fsp3) is 0.692. The summed E-state index contributed by atoms with van der Waals surface area (Å²) in [6, 6.07) is 0. The van der Waals surface area contributed by atoms with E-state index < -0.39 is 0 Å². The summed E-state index contributed by atoms with van der Waals surface area (Å²) in [6.07, 6.45) is 6.77. The molecule has 1 fully saturated rings. The molecule has 0 bridgehead atoms. The third kappa shape index (κ3) is 4.60. The molecule has 0 spiro atoms. The van der Waals surface area contributed by atoms with E-state index in [4.69, 9.17) is 17.3 Å². The maximum absolute atomic E-state index is 5.81. The first-order valence-electron chi connectivity index (χ1n) is 6.94. The van der Waals surface area contributed by atoms with Gasteiger partial charge >= 0.3 is 0 Å². The zero-order valence-electron chi connectivity index (χ0n) is 11.3. The number of hydrogen-bond acceptors (Lipinski definition) is 5. The van der Waals surface area contributed by atoms with Gasteiger partial charge in [-0.3, -0.25) is 0 Å². The van der Waals surface area contributed by atoms with Gasteiger partial charge in [-0.2, -0.15) is 0 Å². The number of halogens is 1. The highest BCUT2D eigenvalue weighted by Gasteiger charge is 2.16. The van der Waals surface area contributed by atoms with Crippen LogP contribution in [0.4, 0.5) is 5.95 Å². The normalized spacial score (nSPS) is 17.5. The lowest BCUT2D eigenvalue weighted by Gasteiger charge is -2.21. The molecule has 19 heavy (non-hydrogen) atoms. The lowest BCUT2D eigenvalue weighted by Crippen LogP contribution is -2.32. The van der Waals surface area contributed by atoms with Crippen molar-refractivity contribution in [2.45, 2.75) is 19.3 Å². The highest BCUT2D eigenvalue weighted by atomic mass is 35.5. The van der Waals surface area contributed by atoms with Gasteiger partial charge in [-0.25, -0.2) is 9.97 Å². The van der Waals surface area contributed by atoms with Gasteiger partial charge in [0.2, 0.25) is 5.95 Å². The number of unbranched alkanes of at least 4 members (excludes halogenated alkanes) is 1. The van der Waals surface area contributed by atoms with Crippen LogP contribution in [0.3, 0.4) is 0 Å². The van der Waals surface area contributed by atoms with Crippen molar-refractivity contribution < 1.29 is 0 Å². The van der Waals surface area contributed by atoms with Gasteiger partial charge in [0.1, 0.15) is 0 Å². The van der Waals surface area contributed by atoms with Gasteiger partial charge in [0, 0.05) is 19.6 Å². The summed E-state index contributed by atoms with van der Waals surface area (Å²) >= 11 is 5.81. The van der Waals surface area contributed by atoms with Gasteiger partial charge in [0.15, 0.2) is 0 Å². The van der Waals surface area contributed by atoms with Crippen LogP contribution in [-0.2, 0) is 0 Å². The summed E-state index contributed by atoms with van der Waals surface area (Å²) in [5, 5.41) is 0.585. The number of anilines is 1. The molecule has 5 nitrogen and oxygen atoms in total. The third-order valence-electron chi connectivity index (χ3n) is 3.41. The van der Waals surface area contributed by atoms with Crippen LogP contribution in [-0.4, -0.2) is 54.1 Å². The summed E-state index contributed by atoms with van der Waals surface area (Å²) in [5.41, 5.74) is 5.53. The van der Waals surface area contributed by atoms with Crippen LogP contribution in [0.5, 0.6) is 0 Å². The Hall–Kier alpha value is -0.910. The summed E-state index contributed by atoms with van der Waals surface area (Å²) in [4.78, 5) is 13.3. The van der Waals surface area contributed by atoms with E-state index in [-0.39, 0.29) is 0 Å². The molecule has 6 heteroatoms. The Morgan fingerprint density at radius 2 is 1.89 bits per heavy atom. The van der Waals surface area contributed by atoms with E-state index >= 15 is 0 Å². The lowest BCUT2D eigenvalue weighted by molar-refractivity contribution is 0.287. The van der Waals surface area contributed by atoms with Crippen molar-refractivity contribution in [1.82, 2.24) is 14.9 Å². The predicted octanol–water partition coefficient (Wildman–Crippen LogP) is 1.38. The Bertz CT molecular complexity index is 370. The number of nitrogens with two attached hydrogens (primary N) is 1. The summed E-state index contributed by atoms with van der Waals surface area (Å²) in [6.45, 7) is 6.13. The minimum absolute atomic E-state index is 0.585. The van der Waals surface area contributed by atoms with Gasteiger partial charge in [-0.05, 0) is 38.9 Å². The van der Waals surface area contributed by atoms with Crippen LogP contribution in [0.1, 0.15) is 19.3 Å². The smallest absolute Gasteiger partial charge is 0.225 e. The highest BCUT2D eigenvalue weighted by Crippen LogP contribution is 2.13. The number of aromatic nitrogens is 2. The van der Waals surface area contributed by atoms with Crippen LogP contribution in [0, 0.1) is 0 Å². The van der Waals surface area contributed by atoms with E-state index in [1.807, 2.05) is 0 Å². The molecular formula is C13H22ClN5. The minimum Gasteiger partial charge on any atom is -0.339 e. The zero-order chi connectivity index (χ0) is 13.5. The van der Waals surface area contributed by atoms with Crippen molar-refractivity contribution >= 4 is 17.5 Å². The van der Waals surface area contributed by atoms with E-state index in [0.29, 0.717) is 5.02 Å². The topological polar surface area (TPSA) is 58.3 Å². The SMILES string of the molecule is NCCCCN1CCCN(c2ncc(Cl)cn2)CC1. The maximum Gasteiger partial charge on any atom is 0.225 e. The molecule has 0 unspecified atom stereocenters. The molecule has 0 amide bonds. The van der Waals surface area contributed by atoms with E-state index in [0.717, 1.165) is 58.1 Å². The fourth-order valence-electron chi connectivity index (χ4n) is 2.34. The van der Waals surface area contributed by atoms with Gasteiger partial charge < -0.3 is 15.5 Å². The van der Waals surface area contributed by atoms with Crippen LogP contribution in [0.25, 0.3) is 0 Å².